The highest BCUT2D eigenvalue weighted by Gasteiger charge is 2.12. The van der Waals surface area contributed by atoms with Crippen molar-refractivity contribution in [2.24, 2.45) is 0 Å². The second kappa shape index (κ2) is 6.42. The van der Waals surface area contributed by atoms with Crippen molar-refractivity contribution in [3.05, 3.63) is 77.8 Å². The molecule has 0 atom stereocenters. The standard InChI is InChI=1S/C20H14ClN3O/c21-15-9-3-5-11-17(15)23-19-13-7-1-4-10-16(13)22-20(24-19)14-8-2-6-12-18(14)25/h1-12,25H,(H,22,23,24). The van der Waals surface area contributed by atoms with E-state index < -0.39 is 0 Å². The number of aromatic nitrogens is 2. The van der Waals surface area contributed by atoms with Crippen molar-refractivity contribution >= 4 is 34.0 Å². The Morgan fingerprint density at radius 3 is 2.36 bits per heavy atom. The molecule has 1 heterocycles. The van der Waals surface area contributed by atoms with Crippen LogP contribution in [0.3, 0.4) is 0 Å². The second-order valence-electron chi connectivity index (χ2n) is 5.53. The van der Waals surface area contributed by atoms with E-state index in [0.717, 1.165) is 16.6 Å². The largest absolute Gasteiger partial charge is 0.507 e. The molecule has 0 amide bonds. The molecule has 1 aromatic heterocycles. The number of benzene rings is 3. The lowest BCUT2D eigenvalue weighted by molar-refractivity contribution is 0.477. The van der Waals surface area contributed by atoms with Crippen molar-refractivity contribution in [1.29, 1.82) is 0 Å². The molecule has 0 aliphatic heterocycles. The third-order valence-electron chi connectivity index (χ3n) is 3.88. The Bertz CT molecular complexity index is 1070. The molecule has 0 radical (unpaired) electrons. The molecule has 25 heavy (non-hydrogen) atoms. The summed E-state index contributed by atoms with van der Waals surface area (Å²) >= 11 is 6.26. The first kappa shape index (κ1) is 15.4. The summed E-state index contributed by atoms with van der Waals surface area (Å²) in [6.07, 6.45) is 0. The van der Waals surface area contributed by atoms with Gasteiger partial charge in [0.2, 0.25) is 0 Å². The Labute approximate surface area is 149 Å². The Kier molecular flexibility index (Phi) is 3.96. The van der Waals surface area contributed by atoms with Crippen molar-refractivity contribution in [2.45, 2.75) is 0 Å². The van der Waals surface area contributed by atoms with Crippen molar-refractivity contribution in [2.75, 3.05) is 5.32 Å². The maximum atomic E-state index is 10.1. The van der Waals surface area contributed by atoms with Gasteiger partial charge in [-0.1, -0.05) is 48.0 Å². The lowest BCUT2D eigenvalue weighted by atomic mass is 10.1. The number of phenolic OH excluding ortho intramolecular Hbond substituents is 1. The average molecular weight is 348 g/mol. The fourth-order valence-electron chi connectivity index (χ4n) is 2.65. The zero-order chi connectivity index (χ0) is 17.2. The molecule has 0 aliphatic rings. The van der Waals surface area contributed by atoms with Gasteiger partial charge >= 0.3 is 0 Å². The van der Waals surface area contributed by atoms with Crippen LogP contribution in [0.5, 0.6) is 5.75 Å². The average Bonchev–Trinajstić information content (AvgIpc) is 2.64. The van der Waals surface area contributed by atoms with Gasteiger partial charge in [-0.15, -0.1) is 0 Å². The Balaban J connectivity index is 1.91. The normalized spacial score (nSPS) is 10.8. The van der Waals surface area contributed by atoms with Crippen LogP contribution < -0.4 is 5.32 Å². The highest BCUT2D eigenvalue weighted by Crippen LogP contribution is 2.32. The predicted molar refractivity (Wildman–Crippen MR) is 101 cm³/mol. The number of fused-ring (bicyclic) bond motifs is 1. The summed E-state index contributed by atoms with van der Waals surface area (Å²) < 4.78 is 0. The van der Waals surface area contributed by atoms with E-state index >= 15 is 0 Å². The molecule has 2 N–H and O–H groups in total. The Morgan fingerprint density at radius 1 is 0.800 bits per heavy atom. The zero-order valence-corrected chi connectivity index (χ0v) is 13.9. The fraction of sp³-hybridized carbons (Fsp3) is 0. The number of halogens is 1. The minimum absolute atomic E-state index is 0.140. The monoisotopic (exact) mass is 347 g/mol. The van der Waals surface area contributed by atoms with Crippen molar-refractivity contribution in [1.82, 2.24) is 9.97 Å². The van der Waals surface area contributed by atoms with E-state index in [1.807, 2.05) is 54.6 Å². The van der Waals surface area contributed by atoms with E-state index in [0.29, 0.717) is 22.2 Å². The van der Waals surface area contributed by atoms with Crippen LogP contribution in [0.4, 0.5) is 11.5 Å². The summed E-state index contributed by atoms with van der Waals surface area (Å²) in [5, 5.41) is 14.9. The number of rotatable bonds is 3. The molecule has 5 heteroatoms. The number of nitrogens with zero attached hydrogens (tertiary/aromatic N) is 2. The summed E-state index contributed by atoms with van der Waals surface area (Å²) in [7, 11) is 0. The summed E-state index contributed by atoms with van der Waals surface area (Å²) in [6.45, 7) is 0. The third-order valence-corrected chi connectivity index (χ3v) is 4.20. The molecule has 0 bridgehead atoms. The zero-order valence-electron chi connectivity index (χ0n) is 13.1. The fourth-order valence-corrected chi connectivity index (χ4v) is 2.83. The van der Waals surface area contributed by atoms with Crippen molar-refractivity contribution in [3.63, 3.8) is 0 Å². The van der Waals surface area contributed by atoms with E-state index in [-0.39, 0.29) is 5.75 Å². The van der Waals surface area contributed by atoms with Crippen molar-refractivity contribution in [3.8, 4) is 17.1 Å². The highest BCUT2D eigenvalue weighted by molar-refractivity contribution is 6.33. The number of para-hydroxylation sites is 3. The van der Waals surface area contributed by atoms with Crippen LogP contribution in [0.15, 0.2) is 72.8 Å². The Morgan fingerprint density at radius 2 is 1.52 bits per heavy atom. The number of hydrogen-bond donors (Lipinski definition) is 2. The maximum Gasteiger partial charge on any atom is 0.165 e. The van der Waals surface area contributed by atoms with E-state index in [9.17, 15) is 5.11 Å². The highest BCUT2D eigenvalue weighted by atomic mass is 35.5. The van der Waals surface area contributed by atoms with Gasteiger partial charge in [-0.25, -0.2) is 9.97 Å². The topological polar surface area (TPSA) is 58.0 Å². The number of hydrogen-bond acceptors (Lipinski definition) is 4. The van der Waals surface area contributed by atoms with Gasteiger partial charge in [-0.2, -0.15) is 0 Å². The van der Waals surface area contributed by atoms with E-state index in [1.165, 1.54) is 0 Å². The SMILES string of the molecule is Oc1ccccc1-c1nc(Nc2ccccc2Cl)c2ccccc2n1. The maximum absolute atomic E-state index is 10.1. The molecule has 0 spiro atoms. The Hall–Kier alpha value is -3.11. The van der Waals surface area contributed by atoms with Crippen LogP contribution in [-0.4, -0.2) is 15.1 Å². The number of anilines is 2. The lowest BCUT2D eigenvalue weighted by Crippen LogP contribution is -1.99. The molecule has 0 unspecified atom stereocenters. The molecule has 4 nitrogen and oxygen atoms in total. The van der Waals surface area contributed by atoms with Crippen LogP contribution >= 0.6 is 11.6 Å². The molecule has 0 fully saturated rings. The minimum atomic E-state index is 0.140. The predicted octanol–water partition coefficient (Wildman–Crippen LogP) is 5.40. The van der Waals surface area contributed by atoms with Gasteiger partial charge < -0.3 is 10.4 Å². The van der Waals surface area contributed by atoms with E-state index in [4.69, 9.17) is 11.6 Å². The molecular weight excluding hydrogens is 334 g/mol. The van der Waals surface area contributed by atoms with Crippen LogP contribution in [0.2, 0.25) is 5.02 Å². The molecule has 0 aliphatic carbocycles. The molecule has 122 valence electrons. The first-order chi connectivity index (χ1) is 12.2. The number of nitrogens with one attached hydrogen (secondary N) is 1. The summed E-state index contributed by atoms with van der Waals surface area (Å²) in [4.78, 5) is 9.21. The van der Waals surface area contributed by atoms with Gasteiger partial charge in [0, 0.05) is 5.39 Å². The van der Waals surface area contributed by atoms with Gasteiger partial charge in [0.05, 0.1) is 21.8 Å². The van der Waals surface area contributed by atoms with Gasteiger partial charge in [-0.3, -0.25) is 0 Å². The first-order valence-corrected chi connectivity index (χ1v) is 8.17. The quantitative estimate of drug-likeness (QED) is 0.521. The van der Waals surface area contributed by atoms with Crippen molar-refractivity contribution < 1.29 is 5.11 Å². The van der Waals surface area contributed by atoms with E-state index in [2.05, 4.69) is 15.3 Å². The summed E-state index contributed by atoms with van der Waals surface area (Å²) in [6, 6.07) is 22.2. The summed E-state index contributed by atoms with van der Waals surface area (Å²) in [5.41, 5.74) is 2.12. The smallest absolute Gasteiger partial charge is 0.165 e. The molecule has 4 aromatic rings. The third kappa shape index (κ3) is 2.99. The molecule has 4 rings (SSSR count). The second-order valence-corrected chi connectivity index (χ2v) is 5.94. The molecule has 0 saturated carbocycles. The van der Waals surface area contributed by atoms with Crippen LogP contribution in [0, 0.1) is 0 Å². The lowest BCUT2D eigenvalue weighted by Gasteiger charge is -2.12. The molecule has 3 aromatic carbocycles. The van der Waals surface area contributed by atoms with Crippen LogP contribution in [0.1, 0.15) is 0 Å². The first-order valence-electron chi connectivity index (χ1n) is 7.79. The van der Waals surface area contributed by atoms with Crippen LogP contribution in [0.25, 0.3) is 22.3 Å². The van der Waals surface area contributed by atoms with Gasteiger partial charge in [-0.05, 0) is 36.4 Å². The molecular formula is C20H14ClN3O. The van der Waals surface area contributed by atoms with Gasteiger partial charge in [0.15, 0.2) is 5.82 Å². The molecule has 0 saturated heterocycles. The van der Waals surface area contributed by atoms with E-state index in [1.54, 1.807) is 18.2 Å². The summed E-state index contributed by atoms with van der Waals surface area (Å²) in [5.74, 6) is 1.23. The minimum Gasteiger partial charge on any atom is -0.507 e. The van der Waals surface area contributed by atoms with Crippen LogP contribution in [-0.2, 0) is 0 Å². The number of phenols is 1. The number of aromatic hydroxyl groups is 1. The van der Waals surface area contributed by atoms with Gasteiger partial charge in [0.1, 0.15) is 11.6 Å². The van der Waals surface area contributed by atoms with Gasteiger partial charge in [0.25, 0.3) is 0 Å².